The van der Waals surface area contributed by atoms with E-state index in [1.54, 1.807) is 12.1 Å². The van der Waals surface area contributed by atoms with Crippen LogP contribution in [0.15, 0.2) is 61.2 Å². The first-order valence-corrected chi connectivity index (χ1v) is 7.17. The summed E-state index contributed by atoms with van der Waals surface area (Å²) in [5.74, 6) is 0. The molecule has 0 saturated heterocycles. The molecule has 3 nitrogen and oxygen atoms in total. The largest absolute Gasteiger partial charge is 0.269 e. The molecule has 0 aliphatic rings. The number of hydrogen-bond acceptors (Lipinski definition) is 2. The van der Waals surface area contributed by atoms with Crippen molar-refractivity contribution in [2.75, 3.05) is 0 Å². The van der Waals surface area contributed by atoms with E-state index < -0.39 is 4.92 Å². The molecular formula is C18H23NO2. The van der Waals surface area contributed by atoms with Crippen molar-refractivity contribution in [2.45, 2.75) is 27.7 Å². The molecule has 2 rings (SSSR count). The molecule has 0 radical (unpaired) electrons. The minimum Gasteiger partial charge on any atom is -0.258 e. The Morgan fingerprint density at radius 2 is 1.29 bits per heavy atom. The monoisotopic (exact) mass is 285 g/mol. The third-order valence-corrected chi connectivity index (χ3v) is 2.55. The van der Waals surface area contributed by atoms with E-state index in [1.165, 1.54) is 12.1 Å². The Bertz CT molecular complexity index is 545. The zero-order valence-corrected chi connectivity index (χ0v) is 13.2. The fourth-order valence-corrected chi connectivity index (χ4v) is 1.59. The number of benzene rings is 2. The van der Waals surface area contributed by atoms with Gasteiger partial charge >= 0.3 is 0 Å². The SMILES string of the molecule is C=C(c1ccccc1)c1ccc([N+](=O)[O-])cc1.CC.CC. The van der Waals surface area contributed by atoms with Gasteiger partial charge in [-0.05, 0) is 28.8 Å². The minimum absolute atomic E-state index is 0.0922. The number of nitro groups is 1. The lowest BCUT2D eigenvalue weighted by Crippen LogP contribution is -1.89. The topological polar surface area (TPSA) is 43.1 Å². The van der Waals surface area contributed by atoms with Crippen LogP contribution in [0.5, 0.6) is 0 Å². The highest BCUT2D eigenvalue weighted by atomic mass is 16.6. The fourth-order valence-electron chi connectivity index (χ4n) is 1.59. The lowest BCUT2D eigenvalue weighted by atomic mass is 10.00. The van der Waals surface area contributed by atoms with E-state index in [1.807, 2.05) is 58.0 Å². The Morgan fingerprint density at radius 3 is 1.71 bits per heavy atom. The Balaban J connectivity index is 0.000000921. The van der Waals surface area contributed by atoms with E-state index in [0.29, 0.717) is 0 Å². The molecule has 0 fully saturated rings. The van der Waals surface area contributed by atoms with Crippen molar-refractivity contribution in [3.05, 3.63) is 82.4 Å². The van der Waals surface area contributed by atoms with Crippen LogP contribution >= 0.6 is 0 Å². The van der Waals surface area contributed by atoms with Crippen LogP contribution in [-0.2, 0) is 0 Å². The maximum Gasteiger partial charge on any atom is 0.269 e. The molecule has 2 aromatic rings. The van der Waals surface area contributed by atoms with Gasteiger partial charge in [0.15, 0.2) is 0 Å². The highest BCUT2D eigenvalue weighted by Gasteiger charge is 2.06. The van der Waals surface area contributed by atoms with Crippen molar-refractivity contribution in [3.63, 3.8) is 0 Å². The second kappa shape index (κ2) is 10.4. The summed E-state index contributed by atoms with van der Waals surface area (Å²) in [7, 11) is 0. The number of hydrogen-bond donors (Lipinski definition) is 0. The van der Waals surface area contributed by atoms with E-state index in [9.17, 15) is 10.1 Å². The number of non-ortho nitro benzene ring substituents is 1. The van der Waals surface area contributed by atoms with Gasteiger partial charge < -0.3 is 0 Å². The first-order valence-electron chi connectivity index (χ1n) is 7.17. The first kappa shape index (κ1) is 18.6. The maximum atomic E-state index is 10.5. The van der Waals surface area contributed by atoms with E-state index in [2.05, 4.69) is 6.58 Å². The molecule has 0 spiro atoms. The summed E-state index contributed by atoms with van der Waals surface area (Å²) >= 11 is 0. The molecule has 112 valence electrons. The quantitative estimate of drug-likeness (QED) is 0.535. The normalized spacial score (nSPS) is 8.57. The van der Waals surface area contributed by atoms with Crippen LogP contribution < -0.4 is 0 Å². The Labute approximate surface area is 127 Å². The van der Waals surface area contributed by atoms with Crippen LogP contribution in [0.1, 0.15) is 38.8 Å². The number of nitro benzene ring substituents is 1. The van der Waals surface area contributed by atoms with Crippen molar-refractivity contribution in [1.82, 2.24) is 0 Å². The third kappa shape index (κ3) is 5.61. The van der Waals surface area contributed by atoms with Crippen LogP contribution in [-0.4, -0.2) is 4.92 Å². The molecule has 21 heavy (non-hydrogen) atoms. The average Bonchev–Trinajstić information content (AvgIpc) is 2.58. The van der Waals surface area contributed by atoms with Crippen LogP contribution in [0.3, 0.4) is 0 Å². The molecule has 0 heterocycles. The zero-order valence-electron chi connectivity index (χ0n) is 13.2. The predicted molar refractivity (Wildman–Crippen MR) is 90.4 cm³/mol. The molecule has 3 heteroatoms. The van der Waals surface area contributed by atoms with Gasteiger partial charge in [0.2, 0.25) is 0 Å². The van der Waals surface area contributed by atoms with Gasteiger partial charge in [0.25, 0.3) is 5.69 Å². The summed E-state index contributed by atoms with van der Waals surface area (Å²) in [6.45, 7) is 12.0. The average molecular weight is 285 g/mol. The van der Waals surface area contributed by atoms with Crippen LogP contribution in [0.25, 0.3) is 5.57 Å². The van der Waals surface area contributed by atoms with Crippen molar-refractivity contribution in [1.29, 1.82) is 0 Å². The summed E-state index contributed by atoms with van der Waals surface area (Å²) in [4.78, 5) is 10.1. The van der Waals surface area contributed by atoms with Gasteiger partial charge in [-0.3, -0.25) is 10.1 Å². The van der Waals surface area contributed by atoms with Crippen LogP contribution in [0.2, 0.25) is 0 Å². The van der Waals surface area contributed by atoms with Gasteiger partial charge in [-0.1, -0.05) is 64.6 Å². The van der Waals surface area contributed by atoms with E-state index >= 15 is 0 Å². The van der Waals surface area contributed by atoms with Crippen molar-refractivity contribution < 1.29 is 4.92 Å². The summed E-state index contributed by atoms with van der Waals surface area (Å²) in [5, 5.41) is 10.5. The Hall–Kier alpha value is -2.42. The fraction of sp³-hybridized carbons (Fsp3) is 0.222. The van der Waals surface area contributed by atoms with Crippen molar-refractivity contribution in [2.24, 2.45) is 0 Å². The highest BCUT2D eigenvalue weighted by Crippen LogP contribution is 2.23. The number of nitrogens with zero attached hydrogens (tertiary/aromatic N) is 1. The molecule has 0 atom stereocenters. The van der Waals surface area contributed by atoms with E-state index in [4.69, 9.17) is 0 Å². The summed E-state index contributed by atoms with van der Waals surface area (Å²) in [5.41, 5.74) is 2.86. The number of rotatable bonds is 3. The molecule has 0 saturated carbocycles. The zero-order chi connectivity index (χ0) is 16.3. The molecular weight excluding hydrogens is 262 g/mol. The van der Waals surface area contributed by atoms with E-state index in [-0.39, 0.29) is 5.69 Å². The third-order valence-electron chi connectivity index (χ3n) is 2.55. The van der Waals surface area contributed by atoms with Gasteiger partial charge in [-0.2, -0.15) is 0 Å². The van der Waals surface area contributed by atoms with Crippen LogP contribution in [0.4, 0.5) is 5.69 Å². The molecule has 0 unspecified atom stereocenters. The molecule has 0 aromatic heterocycles. The van der Waals surface area contributed by atoms with Crippen LogP contribution in [0, 0.1) is 10.1 Å². The van der Waals surface area contributed by atoms with Crippen molar-refractivity contribution >= 4 is 11.3 Å². The second-order valence-electron chi connectivity index (χ2n) is 3.65. The molecule has 2 aromatic carbocycles. The van der Waals surface area contributed by atoms with Crippen molar-refractivity contribution in [3.8, 4) is 0 Å². The smallest absolute Gasteiger partial charge is 0.258 e. The summed E-state index contributed by atoms with van der Waals surface area (Å²) in [6, 6.07) is 16.1. The van der Waals surface area contributed by atoms with Gasteiger partial charge in [-0.25, -0.2) is 0 Å². The predicted octanol–water partition coefficient (Wildman–Crippen LogP) is 5.71. The minimum atomic E-state index is -0.408. The van der Waals surface area contributed by atoms with E-state index in [0.717, 1.165) is 16.7 Å². The lowest BCUT2D eigenvalue weighted by molar-refractivity contribution is -0.384. The molecule has 0 amide bonds. The molecule has 0 bridgehead atoms. The maximum absolute atomic E-state index is 10.5. The Morgan fingerprint density at radius 1 is 0.857 bits per heavy atom. The van der Waals surface area contributed by atoms with Gasteiger partial charge in [0, 0.05) is 12.1 Å². The van der Waals surface area contributed by atoms with Gasteiger partial charge in [0.05, 0.1) is 4.92 Å². The first-order chi connectivity index (χ1) is 10.2. The molecule has 0 aliphatic heterocycles. The highest BCUT2D eigenvalue weighted by molar-refractivity contribution is 5.78. The molecule has 0 aliphatic carbocycles. The molecule has 0 N–H and O–H groups in total. The van der Waals surface area contributed by atoms with Gasteiger partial charge in [0.1, 0.15) is 0 Å². The summed E-state index contributed by atoms with van der Waals surface area (Å²) < 4.78 is 0. The second-order valence-corrected chi connectivity index (χ2v) is 3.65. The van der Waals surface area contributed by atoms with Gasteiger partial charge in [-0.15, -0.1) is 0 Å². The summed E-state index contributed by atoms with van der Waals surface area (Å²) in [6.07, 6.45) is 0. The standard InChI is InChI=1S/C14H11NO2.2C2H6/c1-11(12-5-3-2-4-6-12)13-7-9-14(10-8-13)15(16)17;2*1-2/h2-10H,1H2;2*1-2H3. The lowest BCUT2D eigenvalue weighted by Gasteiger charge is -2.05. The Kier molecular flexibility index (Phi) is 9.18.